The van der Waals surface area contributed by atoms with E-state index in [0.717, 1.165) is 12.0 Å². The molecule has 3 rings (SSSR count). The van der Waals surface area contributed by atoms with E-state index in [0.29, 0.717) is 44.1 Å². The van der Waals surface area contributed by atoms with Crippen LogP contribution in [0.1, 0.15) is 28.4 Å². The molecule has 28 heavy (non-hydrogen) atoms. The number of hydrogen-bond acceptors (Lipinski definition) is 5. The highest BCUT2D eigenvalue weighted by atomic mass is 16.6. The second-order valence-corrected chi connectivity index (χ2v) is 6.89. The molecule has 0 radical (unpaired) electrons. The highest BCUT2D eigenvalue weighted by molar-refractivity contribution is 5.95. The average Bonchev–Trinajstić information content (AvgIpc) is 2.73. The molecule has 0 bridgehead atoms. The van der Waals surface area contributed by atoms with Crippen molar-refractivity contribution in [3.8, 4) is 0 Å². The number of nitro benzene ring substituents is 1. The molecule has 0 spiro atoms. The fraction of sp³-hybridized carbons (Fsp3) is 0.381. The lowest BCUT2D eigenvalue weighted by Gasteiger charge is -2.28. The van der Waals surface area contributed by atoms with Gasteiger partial charge in [-0.2, -0.15) is 0 Å². The molecule has 0 unspecified atom stereocenters. The van der Waals surface area contributed by atoms with Crippen molar-refractivity contribution >= 4 is 17.3 Å². The number of morpholine rings is 1. The maximum absolute atomic E-state index is 12.8. The number of nitrogens with zero attached hydrogens (tertiary/aromatic N) is 3. The quantitative estimate of drug-likeness (QED) is 0.565. The van der Waals surface area contributed by atoms with Crippen LogP contribution in [0.2, 0.25) is 0 Å². The molecule has 0 atom stereocenters. The summed E-state index contributed by atoms with van der Waals surface area (Å²) < 4.78 is 5.31. The van der Waals surface area contributed by atoms with Crippen LogP contribution in [-0.4, -0.2) is 49.1 Å². The molecule has 0 aliphatic carbocycles. The van der Waals surface area contributed by atoms with E-state index < -0.39 is 4.92 Å². The van der Waals surface area contributed by atoms with E-state index >= 15 is 0 Å². The van der Waals surface area contributed by atoms with Crippen LogP contribution in [-0.2, 0) is 17.7 Å². The first kappa shape index (κ1) is 19.8. The summed E-state index contributed by atoms with van der Waals surface area (Å²) in [5, 5.41) is 11.6. The summed E-state index contributed by atoms with van der Waals surface area (Å²) in [6.07, 6.45) is 0.966. The zero-order valence-corrected chi connectivity index (χ0v) is 16.3. The maximum Gasteiger partial charge on any atom is 0.293 e. The van der Waals surface area contributed by atoms with Gasteiger partial charge in [0.15, 0.2) is 0 Å². The van der Waals surface area contributed by atoms with E-state index in [1.807, 2.05) is 17.0 Å². The second kappa shape index (κ2) is 8.84. The van der Waals surface area contributed by atoms with Crippen LogP contribution in [0.25, 0.3) is 0 Å². The monoisotopic (exact) mass is 383 g/mol. The fourth-order valence-electron chi connectivity index (χ4n) is 3.32. The van der Waals surface area contributed by atoms with Crippen molar-refractivity contribution in [1.29, 1.82) is 0 Å². The average molecular weight is 383 g/mol. The minimum atomic E-state index is -0.426. The highest BCUT2D eigenvalue weighted by Gasteiger charge is 2.24. The third kappa shape index (κ3) is 4.48. The summed E-state index contributed by atoms with van der Waals surface area (Å²) in [6, 6.07) is 12.8. The standard InChI is InChI=1S/C21H25N3O4/c1-3-16-4-6-17(7-5-16)15-22(2)21(25)18-8-9-19(20(14-18)24(26)27)23-10-12-28-13-11-23/h4-9,14H,3,10-13,15H2,1-2H3. The lowest BCUT2D eigenvalue weighted by molar-refractivity contribution is -0.384. The lowest BCUT2D eigenvalue weighted by atomic mass is 10.1. The fourth-order valence-corrected chi connectivity index (χ4v) is 3.32. The molecule has 1 saturated heterocycles. The van der Waals surface area contributed by atoms with E-state index in [9.17, 15) is 14.9 Å². The van der Waals surface area contributed by atoms with Crippen LogP contribution >= 0.6 is 0 Å². The van der Waals surface area contributed by atoms with Crippen molar-refractivity contribution in [2.24, 2.45) is 0 Å². The van der Waals surface area contributed by atoms with Crippen LogP contribution in [0.15, 0.2) is 42.5 Å². The van der Waals surface area contributed by atoms with Gasteiger partial charge >= 0.3 is 0 Å². The normalized spacial score (nSPS) is 14.0. The lowest BCUT2D eigenvalue weighted by Crippen LogP contribution is -2.36. The molecule has 0 N–H and O–H groups in total. The summed E-state index contributed by atoms with van der Waals surface area (Å²) in [6.45, 7) is 4.82. The second-order valence-electron chi connectivity index (χ2n) is 6.89. The van der Waals surface area contributed by atoms with Crippen LogP contribution in [0.4, 0.5) is 11.4 Å². The molecule has 1 fully saturated rings. The third-order valence-electron chi connectivity index (χ3n) is 4.97. The van der Waals surface area contributed by atoms with Crippen LogP contribution in [0.3, 0.4) is 0 Å². The van der Waals surface area contributed by atoms with Crippen molar-refractivity contribution in [1.82, 2.24) is 4.90 Å². The third-order valence-corrected chi connectivity index (χ3v) is 4.97. The van der Waals surface area contributed by atoms with Gasteiger partial charge in [0.1, 0.15) is 5.69 Å². The smallest absolute Gasteiger partial charge is 0.293 e. The Balaban J connectivity index is 1.78. The largest absolute Gasteiger partial charge is 0.378 e. The molecule has 1 amide bonds. The summed E-state index contributed by atoms with van der Waals surface area (Å²) >= 11 is 0. The summed E-state index contributed by atoms with van der Waals surface area (Å²) in [7, 11) is 1.71. The van der Waals surface area contributed by atoms with E-state index in [4.69, 9.17) is 4.74 Å². The number of carbonyl (C=O) groups is 1. The van der Waals surface area contributed by atoms with E-state index in [2.05, 4.69) is 19.1 Å². The number of rotatable bonds is 6. The number of carbonyl (C=O) groups excluding carboxylic acids is 1. The zero-order valence-electron chi connectivity index (χ0n) is 16.3. The van der Waals surface area contributed by atoms with Gasteiger partial charge in [0.25, 0.3) is 11.6 Å². The molecule has 0 saturated carbocycles. The Labute approximate surface area is 164 Å². The Bertz CT molecular complexity index is 845. The minimum absolute atomic E-state index is 0.0477. The number of benzene rings is 2. The van der Waals surface area contributed by atoms with Gasteiger partial charge in [-0.05, 0) is 29.7 Å². The van der Waals surface area contributed by atoms with Gasteiger partial charge in [0.2, 0.25) is 0 Å². The summed E-state index contributed by atoms with van der Waals surface area (Å²) in [4.78, 5) is 27.5. The number of aryl methyl sites for hydroxylation is 1. The van der Waals surface area contributed by atoms with Gasteiger partial charge in [-0.3, -0.25) is 14.9 Å². The van der Waals surface area contributed by atoms with Gasteiger partial charge in [-0.25, -0.2) is 0 Å². The summed E-state index contributed by atoms with van der Waals surface area (Å²) in [5.41, 5.74) is 3.06. The number of amides is 1. The van der Waals surface area contributed by atoms with E-state index in [1.165, 1.54) is 11.6 Å². The SMILES string of the molecule is CCc1ccc(CN(C)C(=O)c2ccc(N3CCOCC3)c([N+](=O)[O-])c2)cc1. The Morgan fingerprint density at radius 3 is 2.39 bits per heavy atom. The molecule has 1 aliphatic rings. The molecule has 1 aliphatic heterocycles. The van der Waals surface area contributed by atoms with E-state index in [1.54, 1.807) is 24.1 Å². The van der Waals surface area contributed by atoms with Crippen molar-refractivity contribution in [2.75, 3.05) is 38.3 Å². The molecule has 1 heterocycles. The van der Waals surface area contributed by atoms with Crippen molar-refractivity contribution in [3.63, 3.8) is 0 Å². The van der Waals surface area contributed by atoms with E-state index in [-0.39, 0.29) is 11.6 Å². The van der Waals surface area contributed by atoms with Crippen molar-refractivity contribution in [2.45, 2.75) is 19.9 Å². The molecule has 2 aromatic carbocycles. The Morgan fingerprint density at radius 2 is 1.79 bits per heavy atom. The molecule has 2 aromatic rings. The number of anilines is 1. The molecule has 0 aromatic heterocycles. The maximum atomic E-state index is 12.8. The van der Waals surface area contributed by atoms with Crippen molar-refractivity contribution in [3.05, 3.63) is 69.3 Å². The zero-order chi connectivity index (χ0) is 20.1. The predicted molar refractivity (Wildman–Crippen MR) is 108 cm³/mol. The number of ether oxygens (including phenoxy) is 1. The number of nitro groups is 1. The van der Waals surface area contributed by atoms with Gasteiger partial charge < -0.3 is 14.5 Å². The van der Waals surface area contributed by atoms with Crippen LogP contribution in [0.5, 0.6) is 0 Å². The van der Waals surface area contributed by atoms with Gasteiger partial charge in [-0.15, -0.1) is 0 Å². The first-order valence-electron chi connectivity index (χ1n) is 9.44. The Kier molecular flexibility index (Phi) is 6.26. The van der Waals surface area contributed by atoms with Gasteiger partial charge in [-0.1, -0.05) is 31.2 Å². The molecular formula is C21H25N3O4. The molecule has 7 heteroatoms. The van der Waals surface area contributed by atoms with Crippen molar-refractivity contribution < 1.29 is 14.5 Å². The highest BCUT2D eigenvalue weighted by Crippen LogP contribution is 2.30. The summed E-state index contributed by atoms with van der Waals surface area (Å²) in [5.74, 6) is -0.240. The first-order valence-corrected chi connectivity index (χ1v) is 9.44. The van der Waals surface area contributed by atoms with Crippen LogP contribution in [0, 0.1) is 10.1 Å². The topological polar surface area (TPSA) is 75.9 Å². The predicted octanol–water partition coefficient (Wildman–Crippen LogP) is 3.27. The number of hydrogen-bond donors (Lipinski definition) is 0. The van der Waals surface area contributed by atoms with Gasteiger partial charge in [0.05, 0.1) is 18.1 Å². The van der Waals surface area contributed by atoms with Crippen LogP contribution < -0.4 is 4.90 Å². The Morgan fingerprint density at radius 1 is 1.14 bits per heavy atom. The first-order chi connectivity index (χ1) is 13.5. The molecule has 7 nitrogen and oxygen atoms in total. The Hall–Kier alpha value is -2.93. The molecular weight excluding hydrogens is 358 g/mol. The molecule has 148 valence electrons. The minimum Gasteiger partial charge on any atom is -0.378 e. The van der Waals surface area contributed by atoms with Gasteiger partial charge in [0, 0.05) is 38.3 Å².